The summed E-state index contributed by atoms with van der Waals surface area (Å²) in [5.74, 6) is -2.60. The molecule has 0 aliphatic rings. The van der Waals surface area contributed by atoms with E-state index in [9.17, 15) is 23.9 Å². The molecular formula is C18H33FN2O5. The SMILES string of the molecule is CN[C@@H](CC(C)(C)C)C(=O)O[C@H](C)C(=O)N(C)[C@@H](CC(C)(C)F)C(=O)O. The maximum Gasteiger partial charge on any atom is 0.326 e. The van der Waals surface area contributed by atoms with Gasteiger partial charge >= 0.3 is 11.9 Å². The maximum absolute atomic E-state index is 13.8. The van der Waals surface area contributed by atoms with Crippen molar-refractivity contribution in [3.8, 4) is 0 Å². The van der Waals surface area contributed by atoms with Gasteiger partial charge in [-0.25, -0.2) is 9.18 Å². The van der Waals surface area contributed by atoms with Crippen LogP contribution in [0.2, 0.25) is 0 Å². The molecule has 0 heterocycles. The summed E-state index contributed by atoms with van der Waals surface area (Å²) in [6, 6.07) is -1.94. The molecule has 0 aromatic carbocycles. The number of carbonyl (C=O) groups is 3. The molecule has 0 aromatic rings. The first-order valence-electron chi connectivity index (χ1n) is 8.65. The number of amides is 1. The van der Waals surface area contributed by atoms with E-state index >= 15 is 0 Å². The number of alkyl halides is 1. The van der Waals surface area contributed by atoms with Crippen LogP contribution in [-0.2, 0) is 19.1 Å². The van der Waals surface area contributed by atoms with Crippen LogP contribution >= 0.6 is 0 Å². The first-order chi connectivity index (χ1) is 11.6. The Morgan fingerprint density at radius 2 is 1.65 bits per heavy atom. The second kappa shape index (κ2) is 9.30. The number of carbonyl (C=O) groups excluding carboxylic acids is 2. The summed E-state index contributed by atoms with van der Waals surface area (Å²) >= 11 is 0. The van der Waals surface area contributed by atoms with Gasteiger partial charge < -0.3 is 20.1 Å². The number of hydrogen-bond acceptors (Lipinski definition) is 5. The van der Waals surface area contributed by atoms with E-state index in [1.165, 1.54) is 27.8 Å². The number of hydrogen-bond donors (Lipinski definition) is 2. The Labute approximate surface area is 155 Å². The van der Waals surface area contributed by atoms with Crippen molar-refractivity contribution in [3.05, 3.63) is 0 Å². The van der Waals surface area contributed by atoms with Crippen LogP contribution in [0.15, 0.2) is 0 Å². The molecule has 0 radical (unpaired) electrons. The highest BCUT2D eigenvalue weighted by molar-refractivity contribution is 5.88. The minimum Gasteiger partial charge on any atom is -0.480 e. The number of nitrogens with zero attached hydrogens (tertiary/aromatic N) is 1. The zero-order chi connectivity index (χ0) is 20.9. The van der Waals surface area contributed by atoms with Crippen LogP contribution in [0.1, 0.15) is 54.4 Å². The number of rotatable bonds is 9. The molecule has 0 unspecified atom stereocenters. The zero-order valence-electron chi connectivity index (χ0n) is 17.1. The van der Waals surface area contributed by atoms with Gasteiger partial charge in [0.15, 0.2) is 6.10 Å². The van der Waals surface area contributed by atoms with Crippen LogP contribution in [-0.4, -0.2) is 65.8 Å². The van der Waals surface area contributed by atoms with Crippen molar-refractivity contribution in [1.82, 2.24) is 10.2 Å². The molecule has 0 fully saturated rings. The Bertz CT molecular complexity index is 511. The predicted molar refractivity (Wildman–Crippen MR) is 96.5 cm³/mol. The average Bonchev–Trinajstić information content (AvgIpc) is 2.46. The largest absolute Gasteiger partial charge is 0.480 e. The molecule has 2 N–H and O–H groups in total. The number of aliphatic carboxylic acids is 1. The molecule has 1 amide bonds. The van der Waals surface area contributed by atoms with Crippen molar-refractivity contribution in [2.75, 3.05) is 14.1 Å². The highest BCUT2D eigenvalue weighted by Gasteiger charge is 2.36. The summed E-state index contributed by atoms with van der Waals surface area (Å²) in [4.78, 5) is 37.1. The van der Waals surface area contributed by atoms with E-state index in [1.54, 1.807) is 7.05 Å². The Kier molecular flexibility index (Phi) is 8.69. The molecule has 0 saturated heterocycles. The summed E-state index contributed by atoms with van der Waals surface area (Å²) in [5.41, 5.74) is -1.89. The van der Waals surface area contributed by atoms with Gasteiger partial charge in [0.05, 0.1) is 0 Å². The van der Waals surface area contributed by atoms with E-state index < -0.39 is 41.7 Å². The third-order valence-electron chi connectivity index (χ3n) is 3.87. The lowest BCUT2D eigenvalue weighted by Crippen LogP contribution is -2.50. The Balaban J connectivity index is 5.07. The topological polar surface area (TPSA) is 95.9 Å². The van der Waals surface area contributed by atoms with Crippen LogP contribution in [0.25, 0.3) is 0 Å². The van der Waals surface area contributed by atoms with E-state index in [1.807, 2.05) is 20.8 Å². The zero-order valence-corrected chi connectivity index (χ0v) is 17.1. The summed E-state index contributed by atoms with van der Waals surface area (Å²) < 4.78 is 19.1. The number of halogens is 1. The Morgan fingerprint density at radius 3 is 2.00 bits per heavy atom. The standard InChI is InChI=1S/C18H33FN2O5/c1-11(26-16(25)12(20-7)9-17(2,3)4)14(22)21(8)13(15(23)24)10-18(5,6)19/h11-13,20H,9-10H2,1-8H3,(H,23,24)/t11-,12+,13+/m1/s1. The summed E-state index contributed by atoms with van der Waals surface area (Å²) in [6.07, 6.45) is -1.03. The Hall–Kier alpha value is -1.70. The van der Waals surface area contributed by atoms with Crippen molar-refractivity contribution in [3.63, 3.8) is 0 Å². The van der Waals surface area contributed by atoms with Gasteiger partial charge in [0.2, 0.25) is 0 Å². The molecule has 8 heteroatoms. The monoisotopic (exact) mass is 376 g/mol. The fraction of sp³-hybridized carbons (Fsp3) is 0.833. The van der Waals surface area contributed by atoms with Gasteiger partial charge in [-0.05, 0) is 39.7 Å². The molecule has 3 atom stereocenters. The number of likely N-dealkylation sites (N-methyl/N-ethyl adjacent to an activating group) is 2. The van der Waals surface area contributed by atoms with Gasteiger partial charge in [-0.15, -0.1) is 0 Å². The van der Waals surface area contributed by atoms with E-state index in [0.29, 0.717) is 6.42 Å². The van der Waals surface area contributed by atoms with Gasteiger partial charge in [0.1, 0.15) is 17.8 Å². The normalized spacial score (nSPS) is 15.7. The Morgan fingerprint density at radius 1 is 1.15 bits per heavy atom. The lowest BCUT2D eigenvalue weighted by atomic mass is 9.88. The average molecular weight is 376 g/mol. The van der Waals surface area contributed by atoms with Gasteiger partial charge in [-0.2, -0.15) is 0 Å². The van der Waals surface area contributed by atoms with Crippen LogP contribution in [0.3, 0.4) is 0 Å². The number of carboxylic acid groups (broad SMARTS) is 1. The highest BCUT2D eigenvalue weighted by atomic mass is 19.1. The first-order valence-corrected chi connectivity index (χ1v) is 8.65. The molecule has 7 nitrogen and oxygen atoms in total. The van der Waals surface area contributed by atoms with Gasteiger partial charge in [-0.3, -0.25) is 9.59 Å². The molecule has 0 saturated carbocycles. The minimum atomic E-state index is -1.76. The fourth-order valence-electron chi connectivity index (χ4n) is 2.51. The van der Waals surface area contributed by atoms with Gasteiger partial charge in [-0.1, -0.05) is 20.8 Å². The number of esters is 1. The number of carboxylic acids is 1. The van der Waals surface area contributed by atoms with Crippen molar-refractivity contribution >= 4 is 17.8 Å². The predicted octanol–water partition coefficient (Wildman–Crippen LogP) is 1.99. The first kappa shape index (κ1) is 24.3. The van der Waals surface area contributed by atoms with Crippen molar-refractivity contribution < 1.29 is 28.6 Å². The fourth-order valence-corrected chi connectivity index (χ4v) is 2.51. The molecule has 152 valence electrons. The second-order valence-corrected chi connectivity index (χ2v) is 8.41. The van der Waals surface area contributed by atoms with E-state index in [2.05, 4.69) is 5.32 Å². The summed E-state index contributed by atoms with van der Waals surface area (Å²) in [7, 11) is 2.89. The summed E-state index contributed by atoms with van der Waals surface area (Å²) in [6.45, 7) is 9.79. The molecule has 26 heavy (non-hydrogen) atoms. The van der Waals surface area contributed by atoms with Crippen molar-refractivity contribution in [2.45, 2.75) is 78.2 Å². The lowest BCUT2D eigenvalue weighted by molar-refractivity contribution is -0.164. The third kappa shape index (κ3) is 8.60. The number of nitrogens with one attached hydrogen (secondary N) is 1. The molecule has 0 aliphatic carbocycles. The molecule has 0 aromatic heterocycles. The van der Waals surface area contributed by atoms with E-state index in [-0.39, 0.29) is 11.8 Å². The molecule has 0 spiro atoms. The van der Waals surface area contributed by atoms with Crippen LogP contribution in [0.4, 0.5) is 4.39 Å². The molecule has 0 rings (SSSR count). The van der Waals surface area contributed by atoms with Gasteiger partial charge in [0, 0.05) is 13.5 Å². The van der Waals surface area contributed by atoms with Gasteiger partial charge in [0.25, 0.3) is 5.91 Å². The van der Waals surface area contributed by atoms with E-state index in [4.69, 9.17) is 4.74 Å². The van der Waals surface area contributed by atoms with Crippen LogP contribution in [0.5, 0.6) is 0 Å². The molecule has 0 aliphatic heterocycles. The van der Waals surface area contributed by atoms with E-state index in [0.717, 1.165) is 4.90 Å². The number of ether oxygens (including phenoxy) is 1. The molecule has 0 bridgehead atoms. The van der Waals surface area contributed by atoms with Crippen LogP contribution < -0.4 is 5.32 Å². The highest BCUT2D eigenvalue weighted by Crippen LogP contribution is 2.22. The quantitative estimate of drug-likeness (QED) is 0.598. The smallest absolute Gasteiger partial charge is 0.326 e. The van der Waals surface area contributed by atoms with Crippen molar-refractivity contribution in [1.29, 1.82) is 0 Å². The molecular weight excluding hydrogens is 343 g/mol. The minimum absolute atomic E-state index is 0.127. The van der Waals surface area contributed by atoms with Crippen molar-refractivity contribution in [2.24, 2.45) is 5.41 Å². The third-order valence-corrected chi connectivity index (χ3v) is 3.87. The maximum atomic E-state index is 13.8. The second-order valence-electron chi connectivity index (χ2n) is 8.41. The van der Waals surface area contributed by atoms with Crippen LogP contribution in [0, 0.1) is 5.41 Å². The lowest BCUT2D eigenvalue weighted by Gasteiger charge is -2.31. The summed E-state index contributed by atoms with van der Waals surface area (Å²) in [5, 5.41) is 12.2.